The zero-order valence-corrected chi connectivity index (χ0v) is 14.4. The standard InChI is InChI=1S/C16H17NO7S/c1-22-13-8-11(5-6-16(18)19)15(9-14(13)23-2)25(20,21)17-10-12-4-3-7-24-12/h3-9,17H,10H2,1-2H3,(H,18,19)/b6-5+. The molecular weight excluding hydrogens is 350 g/mol. The Balaban J connectivity index is 2.46. The van der Waals surface area contributed by atoms with Gasteiger partial charge in [0.15, 0.2) is 11.5 Å². The van der Waals surface area contributed by atoms with E-state index in [0.29, 0.717) is 5.76 Å². The minimum Gasteiger partial charge on any atom is -0.493 e. The fraction of sp³-hybridized carbons (Fsp3) is 0.188. The van der Waals surface area contributed by atoms with E-state index in [1.165, 1.54) is 38.7 Å². The third-order valence-electron chi connectivity index (χ3n) is 3.23. The van der Waals surface area contributed by atoms with Crippen LogP contribution in [0.15, 0.2) is 45.9 Å². The Labute approximate surface area is 144 Å². The number of ether oxygens (including phenoxy) is 2. The van der Waals surface area contributed by atoms with Crippen molar-refractivity contribution in [1.82, 2.24) is 4.72 Å². The number of carboxylic acid groups (broad SMARTS) is 1. The van der Waals surface area contributed by atoms with Gasteiger partial charge in [-0.25, -0.2) is 17.9 Å². The van der Waals surface area contributed by atoms with Crippen molar-refractivity contribution in [1.29, 1.82) is 0 Å². The fourth-order valence-electron chi connectivity index (χ4n) is 2.06. The topological polar surface area (TPSA) is 115 Å². The van der Waals surface area contributed by atoms with Crippen LogP contribution in [0.3, 0.4) is 0 Å². The summed E-state index contributed by atoms with van der Waals surface area (Å²) in [4.78, 5) is 10.6. The van der Waals surface area contributed by atoms with Crippen LogP contribution in [0.25, 0.3) is 6.08 Å². The van der Waals surface area contributed by atoms with Crippen LogP contribution in [0.2, 0.25) is 0 Å². The van der Waals surface area contributed by atoms with Gasteiger partial charge >= 0.3 is 5.97 Å². The zero-order valence-electron chi connectivity index (χ0n) is 13.6. The number of carbonyl (C=O) groups is 1. The molecule has 0 aliphatic rings. The summed E-state index contributed by atoms with van der Waals surface area (Å²) in [5.41, 5.74) is 0.145. The molecule has 25 heavy (non-hydrogen) atoms. The quantitative estimate of drug-likeness (QED) is 0.684. The fourth-order valence-corrected chi connectivity index (χ4v) is 3.24. The predicted molar refractivity (Wildman–Crippen MR) is 88.9 cm³/mol. The van der Waals surface area contributed by atoms with Crippen molar-refractivity contribution in [3.05, 3.63) is 47.9 Å². The molecule has 0 bridgehead atoms. The van der Waals surface area contributed by atoms with Gasteiger partial charge in [0, 0.05) is 12.1 Å². The van der Waals surface area contributed by atoms with Gasteiger partial charge in [-0.3, -0.25) is 0 Å². The highest BCUT2D eigenvalue weighted by molar-refractivity contribution is 7.89. The Morgan fingerprint density at radius 2 is 1.96 bits per heavy atom. The van der Waals surface area contributed by atoms with Gasteiger partial charge in [0.05, 0.1) is 31.9 Å². The smallest absolute Gasteiger partial charge is 0.328 e. The predicted octanol–water partition coefficient (Wildman–Crippen LogP) is 1.87. The summed E-state index contributed by atoms with van der Waals surface area (Å²) >= 11 is 0. The van der Waals surface area contributed by atoms with Gasteiger partial charge in [-0.1, -0.05) is 0 Å². The molecule has 0 amide bonds. The van der Waals surface area contributed by atoms with E-state index in [1.54, 1.807) is 12.1 Å². The van der Waals surface area contributed by atoms with Gasteiger partial charge in [-0.15, -0.1) is 0 Å². The second-order valence-electron chi connectivity index (χ2n) is 4.82. The maximum Gasteiger partial charge on any atom is 0.328 e. The second kappa shape index (κ2) is 7.86. The van der Waals surface area contributed by atoms with Crippen molar-refractivity contribution in [2.75, 3.05) is 14.2 Å². The zero-order chi connectivity index (χ0) is 18.4. The molecule has 1 heterocycles. The van der Waals surface area contributed by atoms with Crippen LogP contribution in [0.5, 0.6) is 11.5 Å². The molecule has 2 aromatic rings. The molecule has 0 saturated heterocycles. The van der Waals surface area contributed by atoms with E-state index in [1.807, 2.05) is 0 Å². The molecule has 1 aromatic heterocycles. The molecule has 0 aliphatic carbocycles. The van der Waals surface area contributed by atoms with Crippen LogP contribution in [0.4, 0.5) is 0 Å². The molecule has 0 fully saturated rings. The molecule has 0 saturated carbocycles. The highest BCUT2D eigenvalue weighted by atomic mass is 32.2. The number of nitrogens with one attached hydrogen (secondary N) is 1. The lowest BCUT2D eigenvalue weighted by Gasteiger charge is -2.14. The third kappa shape index (κ3) is 4.61. The molecule has 2 N–H and O–H groups in total. The minimum absolute atomic E-state index is 0.0498. The molecule has 0 aliphatic heterocycles. The molecule has 2 rings (SSSR count). The summed E-state index contributed by atoms with van der Waals surface area (Å²) in [7, 11) is -1.20. The summed E-state index contributed by atoms with van der Waals surface area (Å²) < 4.78 is 43.0. The minimum atomic E-state index is -3.96. The van der Waals surface area contributed by atoms with Crippen LogP contribution < -0.4 is 14.2 Å². The van der Waals surface area contributed by atoms with Crippen LogP contribution in [0, 0.1) is 0 Å². The van der Waals surface area contributed by atoms with Gasteiger partial charge in [0.1, 0.15) is 5.76 Å². The average Bonchev–Trinajstić information content (AvgIpc) is 3.10. The van der Waals surface area contributed by atoms with Gasteiger partial charge in [0.2, 0.25) is 10.0 Å². The molecule has 0 unspecified atom stereocenters. The Morgan fingerprint density at radius 3 is 2.52 bits per heavy atom. The normalized spacial score (nSPS) is 11.6. The molecular formula is C16H17NO7S. The summed E-state index contributed by atoms with van der Waals surface area (Å²) in [6.45, 7) is -0.0498. The lowest BCUT2D eigenvalue weighted by molar-refractivity contribution is -0.131. The Hall–Kier alpha value is -2.78. The van der Waals surface area contributed by atoms with Gasteiger partial charge in [-0.05, 0) is 29.8 Å². The maximum absolute atomic E-state index is 12.6. The number of hydrogen-bond donors (Lipinski definition) is 2. The monoisotopic (exact) mass is 367 g/mol. The highest BCUT2D eigenvalue weighted by Crippen LogP contribution is 2.33. The van der Waals surface area contributed by atoms with E-state index in [9.17, 15) is 13.2 Å². The van der Waals surface area contributed by atoms with Crippen molar-refractivity contribution >= 4 is 22.1 Å². The molecule has 0 radical (unpaired) electrons. The highest BCUT2D eigenvalue weighted by Gasteiger charge is 2.21. The molecule has 0 atom stereocenters. The van der Waals surface area contributed by atoms with Crippen molar-refractivity contribution in [3.8, 4) is 11.5 Å². The molecule has 8 nitrogen and oxygen atoms in total. The van der Waals surface area contributed by atoms with Gasteiger partial charge < -0.3 is 19.0 Å². The summed E-state index contributed by atoms with van der Waals surface area (Å²) in [6.07, 6.45) is 3.44. The first-order valence-electron chi connectivity index (χ1n) is 7.06. The van der Waals surface area contributed by atoms with Crippen molar-refractivity contribution < 1.29 is 32.2 Å². The lowest BCUT2D eigenvalue weighted by atomic mass is 10.2. The van der Waals surface area contributed by atoms with Gasteiger partial charge in [-0.2, -0.15) is 0 Å². The number of methoxy groups -OCH3 is 2. The number of furan rings is 1. The number of hydrogen-bond acceptors (Lipinski definition) is 6. The van der Waals surface area contributed by atoms with E-state index in [4.69, 9.17) is 19.0 Å². The van der Waals surface area contributed by atoms with E-state index in [-0.39, 0.29) is 28.5 Å². The number of aliphatic carboxylic acids is 1. The van der Waals surface area contributed by atoms with Crippen molar-refractivity contribution in [3.63, 3.8) is 0 Å². The van der Waals surface area contributed by atoms with E-state index < -0.39 is 16.0 Å². The Kier molecular flexibility index (Phi) is 5.84. The van der Waals surface area contributed by atoms with E-state index in [2.05, 4.69) is 4.72 Å². The maximum atomic E-state index is 12.6. The van der Waals surface area contributed by atoms with Crippen LogP contribution in [-0.2, 0) is 21.4 Å². The van der Waals surface area contributed by atoms with Crippen LogP contribution in [-0.4, -0.2) is 33.7 Å². The summed E-state index contributed by atoms with van der Waals surface area (Å²) in [6, 6.07) is 5.92. The first-order valence-corrected chi connectivity index (χ1v) is 8.54. The van der Waals surface area contributed by atoms with Gasteiger partial charge in [0.25, 0.3) is 0 Å². The largest absolute Gasteiger partial charge is 0.493 e. The first-order chi connectivity index (χ1) is 11.9. The second-order valence-corrected chi connectivity index (χ2v) is 6.56. The Morgan fingerprint density at radius 1 is 1.28 bits per heavy atom. The van der Waals surface area contributed by atoms with E-state index in [0.717, 1.165) is 6.08 Å². The summed E-state index contributed by atoms with van der Waals surface area (Å²) in [5.74, 6) is -0.292. The van der Waals surface area contributed by atoms with Crippen LogP contribution >= 0.6 is 0 Å². The Bertz CT molecular complexity index is 870. The average molecular weight is 367 g/mol. The molecule has 9 heteroatoms. The van der Waals surface area contributed by atoms with Crippen molar-refractivity contribution in [2.45, 2.75) is 11.4 Å². The molecule has 1 aromatic carbocycles. The third-order valence-corrected chi connectivity index (χ3v) is 4.68. The first kappa shape index (κ1) is 18.6. The lowest BCUT2D eigenvalue weighted by Crippen LogP contribution is -2.24. The molecule has 0 spiro atoms. The van der Waals surface area contributed by atoms with E-state index >= 15 is 0 Å². The molecule has 134 valence electrons. The number of carboxylic acids is 1. The van der Waals surface area contributed by atoms with Crippen molar-refractivity contribution in [2.24, 2.45) is 0 Å². The number of benzene rings is 1. The SMILES string of the molecule is COc1cc(/C=C/C(=O)O)c(S(=O)(=O)NCc2ccco2)cc1OC. The number of sulfonamides is 1. The van der Waals surface area contributed by atoms with Crippen LogP contribution in [0.1, 0.15) is 11.3 Å². The summed E-state index contributed by atoms with van der Waals surface area (Å²) in [5, 5.41) is 8.80. The number of rotatable bonds is 8.